The van der Waals surface area contributed by atoms with Crippen LogP contribution in [0.15, 0.2) is 58.5 Å². The second-order valence-electron chi connectivity index (χ2n) is 8.87. The van der Waals surface area contributed by atoms with Gasteiger partial charge in [0.05, 0.1) is 28.2 Å². The third kappa shape index (κ3) is 4.70. The fraction of sp³-hybridized carbons (Fsp3) is 0.240. The minimum absolute atomic E-state index is 0.0709. The molecule has 3 heterocycles. The van der Waals surface area contributed by atoms with Gasteiger partial charge in [0.1, 0.15) is 17.5 Å². The lowest BCUT2D eigenvalue weighted by atomic mass is 10.1. The van der Waals surface area contributed by atoms with E-state index in [1.807, 2.05) is 6.07 Å². The maximum atomic E-state index is 13.9. The zero-order valence-electron chi connectivity index (χ0n) is 20.1. The van der Waals surface area contributed by atoms with E-state index in [-0.39, 0.29) is 40.1 Å². The van der Waals surface area contributed by atoms with Crippen LogP contribution in [0.2, 0.25) is 5.15 Å². The predicted molar refractivity (Wildman–Crippen MR) is 137 cm³/mol. The van der Waals surface area contributed by atoms with Gasteiger partial charge in [-0.05, 0) is 37.1 Å². The van der Waals surface area contributed by atoms with Crippen molar-refractivity contribution in [3.63, 3.8) is 0 Å². The zero-order chi connectivity index (χ0) is 28.1. The van der Waals surface area contributed by atoms with E-state index in [1.54, 1.807) is 35.2 Å². The molecule has 1 fully saturated rings. The summed E-state index contributed by atoms with van der Waals surface area (Å²) in [6, 6.07) is 12.6. The summed E-state index contributed by atoms with van der Waals surface area (Å²) in [5.74, 6) is 0.0356. The van der Waals surface area contributed by atoms with Crippen LogP contribution >= 0.6 is 11.6 Å². The van der Waals surface area contributed by atoms with E-state index in [2.05, 4.69) is 15.0 Å². The second-order valence-corrected chi connectivity index (χ2v) is 11.1. The van der Waals surface area contributed by atoms with Gasteiger partial charge in [-0.25, -0.2) is 18.4 Å². The standard InChI is InChI=1S/C25H18ClF3N6O3S/c1-39(37,38)24-32-20(26)15(13-30)21(33-24)34-12-6-11-18(34)22-31-17-10-5-9-16(25(27,28)29)19(17)23(36)35(22)14-7-3-2-4-8-14/h2-5,7-10,18H,6,11-12H2,1H3/t18-/m0/s1. The van der Waals surface area contributed by atoms with E-state index in [0.29, 0.717) is 12.8 Å². The van der Waals surface area contributed by atoms with Crippen LogP contribution in [0.25, 0.3) is 16.6 Å². The molecule has 200 valence electrons. The van der Waals surface area contributed by atoms with Crippen molar-refractivity contribution in [2.45, 2.75) is 30.2 Å². The number of halogens is 4. The fourth-order valence-corrected chi connectivity index (χ4v) is 5.46. The highest BCUT2D eigenvalue weighted by atomic mass is 35.5. The van der Waals surface area contributed by atoms with Gasteiger partial charge >= 0.3 is 6.18 Å². The molecule has 1 saturated heterocycles. The molecule has 1 aliphatic rings. The molecular formula is C25H18ClF3N6O3S. The van der Waals surface area contributed by atoms with Gasteiger partial charge in [0.25, 0.3) is 5.56 Å². The Bertz CT molecular complexity index is 1820. The molecule has 0 amide bonds. The molecule has 0 aliphatic carbocycles. The Labute approximate surface area is 225 Å². The van der Waals surface area contributed by atoms with Gasteiger partial charge in [0.2, 0.25) is 15.0 Å². The lowest BCUT2D eigenvalue weighted by Crippen LogP contribution is -2.33. The van der Waals surface area contributed by atoms with Crippen LogP contribution in [-0.2, 0) is 16.0 Å². The number of para-hydroxylation sites is 1. The first-order valence-corrected chi connectivity index (χ1v) is 13.8. The Hall–Kier alpha value is -4.02. The van der Waals surface area contributed by atoms with Crippen LogP contribution in [-0.4, -0.2) is 40.7 Å². The molecule has 2 aromatic carbocycles. The van der Waals surface area contributed by atoms with Crippen molar-refractivity contribution in [1.82, 2.24) is 19.5 Å². The number of nitriles is 1. The van der Waals surface area contributed by atoms with Gasteiger partial charge in [-0.2, -0.15) is 23.4 Å². The van der Waals surface area contributed by atoms with Crippen molar-refractivity contribution < 1.29 is 21.6 Å². The Balaban J connectivity index is 1.81. The van der Waals surface area contributed by atoms with Crippen molar-refractivity contribution >= 4 is 38.2 Å². The molecule has 14 heteroatoms. The summed E-state index contributed by atoms with van der Waals surface area (Å²) in [5.41, 5.74) is -2.07. The van der Waals surface area contributed by atoms with Crippen LogP contribution in [0.4, 0.5) is 19.0 Å². The molecule has 1 atom stereocenters. The first-order chi connectivity index (χ1) is 18.4. The smallest absolute Gasteiger partial charge is 0.345 e. The van der Waals surface area contributed by atoms with Gasteiger partial charge in [0.15, 0.2) is 11.0 Å². The molecule has 39 heavy (non-hydrogen) atoms. The number of anilines is 1. The number of sulfone groups is 1. The minimum atomic E-state index is -4.79. The van der Waals surface area contributed by atoms with E-state index in [4.69, 9.17) is 11.6 Å². The van der Waals surface area contributed by atoms with E-state index in [0.717, 1.165) is 16.9 Å². The van der Waals surface area contributed by atoms with Crippen molar-refractivity contribution in [3.8, 4) is 11.8 Å². The Morgan fingerprint density at radius 1 is 1.08 bits per heavy atom. The third-order valence-electron chi connectivity index (χ3n) is 6.33. The van der Waals surface area contributed by atoms with E-state index in [9.17, 15) is 31.6 Å². The minimum Gasteiger partial charge on any atom is -0.345 e. The summed E-state index contributed by atoms with van der Waals surface area (Å²) in [4.78, 5) is 27.8. The largest absolute Gasteiger partial charge is 0.417 e. The van der Waals surface area contributed by atoms with Gasteiger partial charge in [-0.1, -0.05) is 35.9 Å². The van der Waals surface area contributed by atoms with Gasteiger partial charge < -0.3 is 4.90 Å². The van der Waals surface area contributed by atoms with E-state index >= 15 is 0 Å². The molecule has 0 spiro atoms. The van der Waals surface area contributed by atoms with Crippen molar-refractivity contribution in [2.24, 2.45) is 0 Å². The van der Waals surface area contributed by atoms with Crippen molar-refractivity contribution in [1.29, 1.82) is 5.26 Å². The summed E-state index contributed by atoms with van der Waals surface area (Å²) >= 11 is 6.16. The zero-order valence-corrected chi connectivity index (χ0v) is 21.7. The molecule has 0 radical (unpaired) electrons. The first kappa shape index (κ1) is 26.6. The fourth-order valence-electron chi connectivity index (χ4n) is 4.70. The molecule has 5 rings (SSSR count). The first-order valence-electron chi connectivity index (χ1n) is 11.5. The maximum absolute atomic E-state index is 13.9. The van der Waals surface area contributed by atoms with Crippen LogP contribution < -0.4 is 10.5 Å². The Morgan fingerprint density at radius 2 is 1.79 bits per heavy atom. The Kier molecular flexibility index (Phi) is 6.56. The normalized spacial score (nSPS) is 16.0. The van der Waals surface area contributed by atoms with Gasteiger partial charge in [-0.15, -0.1) is 0 Å². The average Bonchev–Trinajstić information content (AvgIpc) is 3.37. The highest BCUT2D eigenvalue weighted by molar-refractivity contribution is 7.90. The highest BCUT2D eigenvalue weighted by Gasteiger charge is 2.38. The molecule has 4 aromatic rings. The molecule has 0 bridgehead atoms. The molecule has 0 unspecified atom stereocenters. The molecular weight excluding hydrogens is 557 g/mol. The molecule has 2 aromatic heterocycles. The molecule has 1 aliphatic heterocycles. The SMILES string of the molecule is CS(=O)(=O)c1nc(Cl)c(C#N)c(N2CCC[C@H]2c2nc3cccc(C(F)(F)F)c3c(=O)n2-c2ccccc2)n1. The number of nitrogens with zero attached hydrogens (tertiary/aromatic N) is 6. The number of alkyl halides is 3. The summed E-state index contributed by atoms with van der Waals surface area (Å²) in [6.45, 7) is 0.279. The van der Waals surface area contributed by atoms with E-state index < -0.39 is 43.7 Å². The number of hydrogen-bond donors (Lipinski definition) is 0. The highest BCUT2D eigenvalue weighted by Crippen LogP contribution is 2.39. The number of hydrogen-bond acceptors (Lipinski definition) is 8. The van der Waals surface area contributed by atoms with Crippen molar-refractivity contribution in [3.05, 3.63) is 81.0 Å². The number of rotatable bonds is 4. The molecule has 0 N–H and O–H groups in total. The maximum Gasteiger partial charge on any atom is 0.417 e. The summed E-state index contributed by atoms with van der Waals surface area (Å²) in [7, 11) is -3.91. The monoisotopic (exact) mass is 574 g/mol. The second kappa shape index (κ2) is 9.62. The molecule has 0 saturated carbocycles. The lowest BCUT2D eigenvalue weighted by Gasteiger charge is -2.28. The summed E-state index contributed by atoms with van der Waals surface area (Å²) in [6.07, 6.45) is -3.00. The molecule has 9 nitrogen and oxygen atoms in total. The summed E-state index contributed by atoms with van der Waals surface area (Å²) < 4.78 is 67.2. The van der Waals surface area contributed by atoms with Crippen molar-refractivity contribution in [2.75, 3.05) is 17.7 Å². The number of fused-ring (bicyclic) bond motifs is 1. The lowest BCUT2D eigenvalue weighted by molar-refractivity contribution is -0.136. The number of aromatic nitrogens is 4. The number of benzene rings is 2. The van der Waals surface area contributed by atoms with Gasteiger partial charge in [0, 0.05) is 12.8 Å². The predicted octanol–water partition coefficient (Wildman–Crippen LogP) is 4.46. The average molecular weight is 575 g/mol. The third-order valence-corrected chi connectivity index (χ3v) is 7.45. The quantitative estimate of drug-likeness (QED) is 0.259. The Morgan fingerprint density at radius 3 is 2.44 bits per heavy atom. The summed E-state index contributed by atoms with van der Waals surface area (Å²) in [5, 5.41) is 8.23. The van der Waals surface area contributed by atoms with Crippen LogP contribution in [0, 0.1) is 11.3 Å². The van der Waals surface area contributed by atoms with E-state index in [1.165, 1.54) is 12.1 Å². The van der Waals surface area contributed by atoms with Gasteiger partial charge in [-0.3, -0.25) is 9.36 Å². The van der Waals surface area contributed by atoms with Crippen LogP contribution in [0.1, 0.15) is 35.8 Å². The van der Waals surface area contributed by atoms with Crippen LogP contribution in [0.5, 0.6) is 0 Å². The topological polar surface area (TPSA) is 122 Å². The van der Waals surface area contributed by atoms with Crippen LogP contribution in [0.3, 0.4) is 0 Å².